The summed E-state index contributed by atoms with van der Waals surface area (Å²) in [7, 11) is -3.94. The van der Waals surface area contributed by atoms with Crippen molar-refractivity contribution in [2.45, 2.75) is 4.21 Å². The molecule has 9 heteroatoms. The van der Waals surface area contributed by atoms with Crippen LogP contribution in [-0.2, 0) is 10.0 Å². The molecule has 0 aliphatic carbocycles. The van der Waals surface area contributed by atoms with E-state index in [1.807, 2.05) is 12.1 Å². The van der Waals surface area contributed by atoms with Crippen molar-refractivity contribution in [1.82, 2.24) is 19.9 Å². The van der Waals surface area contributed by atoms with E-state index in [0.717, 1.165) is 11.3 Å². The minimum absolute atomic E-state index is 0.0225. The summed E-state index contributed by atoms with van der Waals surface area (Å²) in [5, 5.41) is 18.2. The highest BCUT2D eigenvalue weighted by Gasteiger charge is 2.22. The Labute approximate surface area is 112 Å². The molecule has 0 unspecified atom stereocenters. The number of aromatic nitrogens is 3. The van der Waals surface area contributed by atoms with E-state index in [-0.39, 0.29) is 4.21 Å². The van der Waals surface area contributed by atoms with Gasteiger partial charge in [0.05, 0.1) is 11.2 Å². The van der Waals surface area contributed by atoms with E-state index in [9.17, 15) is 8.42 Å². The summed E-state index contributed by atoms with van der Waals surface area (Å²) in [6.07, 6.45) is 0. The maximum atomic E-state index is 11.7. The van der Waals surface area contributed by atoms with Gasteiger partial charge in [-0.05, 0) is 23.6 Å². The van der Waals surface area contributed by atoms with Crippen LogP contribution in [0.1, 0.15) is 0 Å². The number of nitrogens with zero attached hydrogens (tertiary/aromatic N) is 3. The predicted molar refractivity (Wildman–Crippen MR) is 68.9 cm³/mol. The number of sulfonamides is 1. The molecule has 2 N–H and O–H groups in total. The van der Waals surface area contributed by atoms with Crippen LogP contribution in [0.15, 0.2) is 39.9 Å². The predicted octanol–water partition coefficient (Wildman–Crippen LogP) is 1.15. The second kappa shape index (κ2) is 4.38. The molecule has 0 atom stereocenters. The van der Waals surface area contributed by atoms with Gasteiger partial charge in [0.2, 0.25) is 0 Å². The van der Waals surface area contributed by atoms with Crippen molar-refractivity contribution in [3.8, 4) is 5.69 Å². The summed E-state index contributed by atoms with van der Waals surface area (Å²) in [5.74, 6) is 0. The molecule has 98 valence electrons. The summed E-state index contributed by atoms with van der Waals surface area (Å²) in [6, 6.07) is 8.81. The van der Waals surface area contributed by atoms with Gasteiger partial charge in [0, 0.05) is 0 Å². The number of nitrogens with one attached hydrogen (secondary N) is 1. The molecule has 2 aromatic heterocycles. The normalized spacial score (nSPS) is 12.1. The Morgan fingerprint density at radius 1 is 1.26 bits per heavy atom. The van der Waals surface area contributed by atoms with Crippen LogP contribution in [0, 0.1) is 0 Å². The Balaban J connectivity index is 2.27. The molecule has 2 heterocycles. The number of hydrogen-bond acceptors (Lipinski definition) is 6. The molecule has 3 rings (SSSR count). The molecule has 19 heavy (non-hydrogen) atoms. The van der Waals surface area contributed by atoms with Crippen LogP contribution in [0.5, 0.6) is 0 Å². The standard InChI is InChI=1S/C10H8N4O3S2/c15-13-19(16,17)10-9(5-6-18-10)14-8-4-2-1-3-7(8)11-12-14/h1-6,13,15H. The van der Waals surface area contributed by atoms with Crippen molar-refractivity contribution in [2.24, 2.45) is 0 Å². The van der Waals surface area contributed by atoms with Gasteiger partial charge in [0.25, 0.3) is 10.0 Å². The molecule has 3 aromatic rings. The first-order valence-corrected chi connectivity index (χ1v) is 7.54. The molecular weight excluding hydrogens is 288 g/mol. The molecule has 0 amide bonds. The molecule has 0 spiro atoms. The number of fused-ring (bicyclic) bond motifs is 1. The van der Waals surface area contributed by atoms with Gasteiger partial charge < -0.3 is 5.21 Å². The Bertz CT molecular complexity index is 837. The number of thiophene rings is 1. The van der Waals surface area contributed by atoms with Crippen LogP contribution in [0.3, 0.4) is 0 Å². The van der Waals surface area contributed by atoms with Gasteiger partial charge in [0.15, 0.2) is 4.21 Å². The van der Waals surface area contributed by atoms with Crippen LogP contribution >= 0.6 is 11.3 Å². The van der Waals surface area contributed by atoms with Crippen molar-refractivity contribution in [1.29, 1.82) is 0 Å². The third-order valence-electron chi connectivity index (χ3n) is 2.55. The van der Waals surface area contributed by atoms with Gasteiger partial charge in [-0.1, -0.05) is 22.2 Å². The molecule has 0 aliphatic rings. The van der Waals surface area contributed by atoms with Crippen LogP contribution < -0.4 is 4.89 Å². The lowest BCUT2D eigenvalue weighted by Crippen LogP contribution is -2.19. The molecule has 0 fully saturated rings. The molecule has 7 nitrogen and oxygen atoms in total. The zero-order valence-corrected chi connectivity index (χ0v) is 11.0. The Morgan fingerprint density at radius 3 is 2.84 bits per heavy atom. The van der Waals surface area contributed by atoms with Gasteiger partial charge in [-0.3, -0.25) is 0 Å². The molecule has 0 bridgehead atoms. The molecule has 0 radical (unpaired) electrons. The highest BCUT2D eigenvalue weighted by molar-refractivity contribution is 7.91. The lowest BCUT2D eigenvalue weighted by atomic mass is 10.3. The number of benzene rings is 1. The third kappa shape index (κ3) is 1.92. The van der Waals surface area contributed by atoms with Crippen molar-refractivity contribution < 1.29 is 13.6 Å². The first-order valence-electron chi connectivity index (χ1n) is 5.18. The second-order valence-electron chi connectivity index (χ2n) is 3.68. The molecular formula is C10H8N4O3S2. The lowest BCUT2D eigenvalue weighted by molar-refractivity contribution is 0.243. The average molecular weight is 296 g/mol. The van der Waals surface area contributed by atoms with Gasteiger partial charge in [0.1, 0.15) is 5.52 Å². The van der Waals surface area contributed by atoms with Crippen molar-refractivity contribution >= 4 is 32.4 Å². The average Bonchev–Trinajstić information content (AvgIpc) is 3.04. The quantitative estimate of drug-likeness (QED) is 0.707. The van der Waals surface area contributed by atoms with Crippen molar-refractivity contribution in [3.05, 3.63) is 35.7 Å². The SMILES string of the molecule is O=S(=O)(NO)c1sccc1-n1nnc2ccccc21. The minimum Gasteiger partial charge on any atom is -0.302 e. The van der Waals surface area contributed by atoms with E-state index in [2.05, 4.69) is 10.3 Å². The highest BCUT2D eigenvalue weighted by Crippen LogP contribution is 2.27. The number of hydrogen-bond donors (Lipinski definition) is 2. The summed E-state index contributed by atoms with van der Waals surface area (Å²) in [4.78, 5) is 1.32. The highest BCUT2D eigenvalue weighted by atomic mass is 32.2. The molecule has 0 aliphatic heterocycles. The molecule has 0 saturated carbocycles. The van der Waals surface area contributed by atoms with Crippen LogP contribution in [0.25, 0.3) is 16.7 Å². The van der Waals surface area contributed by atoms with E-state index in [1.54, 1.807) is 23.6 Å². The van der Waals surface area contributed by atoms with Crippen LogP contribution in [0.2, 0.25) is 0 Å². The van der Waals surface area contributed by atoms with Gasteiger partial charge in [-0.15, -0.1) is 16.4 Å². The van der Waals surface area contributed by atoms with Crippen molar-refractivity contribution in [3.63, 3.8) is 0 Å². The fourth-order valence-electron chi connectivity index (χ4n) is 1.74. The topological polar surface area (TPSA) is 97.1 Å². The number of para-hydroxylation sites is 1. The van der Waals surface area contributed by atoms with E-state index in [0.29, 0.717) is 16.7 Å². The maximum absolute atomic E-state index is 11.7. The smallest absolute Gasteiger partial charge is 0.273 e. The first kappa shape index (κ1) is 12.2. The Hall–Kier alpha value is -1.81. The zero-order chi connectivity index (χ0) is 13.5. The summed E-state index contributed by atoms with van der Waals surface area (Å²) in [5.41, 5.74) is 1.70. The van der Waals surface area contributed by atoms with Gasteiger partial charge in [-0.2, -0.15) is 0 Å². The van der Waals surface area contributed by atoms with Crippen LogP contribution in [-0.4, -0.2) is 28.6 Å². The third-order valence-corrected chi connectivity index (χ3v) is 5.13. The lowest BCUT2D eigenvalue weighted by Gasteiger charge is -2.03. The summed E-state index contributed by atoms with van der Waals surface area (Å²) >= 11 is 0.989. The molecule has 1 aromatic carbocycles. The van der Waals surface area contributed by atoms with E-state index in [1.165, 1.54) is 9.57 Å². The summed E-state index contributed by atoms with van der Waals surface area (Å²) < 4.78 is 24.8. The van der Waals surface area contributed by atoms with Crippen LogP contribution in [0.4, 0.5) is 0 Å². The van der Waals surface area contributed by atoms with Gasteiger partial charge in [-0.25, -0.2) is 13.1 Å². The Morgan fingerprint density at radius 2 is 2.05 bits per heavy atom. The largest absolute Gasteiger partial charge is 0.302 e. The molecule has 0 saturated heterocycles. The summed E-state index contributed by atoms with van der Waals surface area (Å²) in [6.45, 7) is 0. The first-order chi connectivity index (χ1) is 9.13. The fraction of sp³-hybridized carbons (Fsp3) is 0. The van der Waals surface area contributed by atoms with Crippen molar-refractivity contribution in [2.75, 3.05) is 0 Å². The minimum atomic E-state index is -3.94. The maximum Gasteiger partial charge on any atom is 0.273 e. The van der Waals surface area contributed by atoms with E-state index in [4.69, 9.17) is 5.21 Å². The number of rotatable bonds is 3. The van der Waals surface area contributed by atoms with E-state index < -0.39 is 10.0 Å². The Kier molecular flexibility index (Phi) is 2.82. The second-order valence-corrected chi connectivity index (χ2v) is 6.45. The fourth-order valence-corrected chi connectivity index (χ4v) is 3.63. The van der Waals surface area contributed by atoms with E-state index >= 15 is 0 Å². The monoisotopic (exact) mass is 296 g/mol. The van der Waals surface area contributed by atoms with Gasteiger partial charge >= 0.3 is 0 Å². The zero-order valence-electron chi connectivity index (χ0n) is 9.39.